The number of rotatable bonds is 7. The molecule has 2 aromatic rings. The lowest BCUT2D eigenvalue weighted by Crippen LogP contribution is -2.49. The van der Waals surface area contributed by atoms with Crippen LogP contribution in [-0.4, -0.2) is 44.3 Å². The monoisotopic (exact) mass is 456 g/mol. The van der Waals surface area contributed by atoms with Crippen molar-refractivity contribution in [3.8, 4) is 0 Å². The van der Waals surface area contributed by atoms with Crippen molar-refractivity contribution < 1.29 is 4.74 Å². The van der Waals surface area contributed by atoms with Crippen molar-refractivity contribution in [1.29, 1.82) is 0 Å². The molecule has 29 heavy (non-hydrogen) atoms. The first-order valence-corrected chi connectivity index (χ1v) is 10.5. The first-order chi connectivity index (χ1) is 13.3. The second kappa shape index (κ2) is 11.5. The molecular weight excluding hydrogens is 427 g/mol. The zero-order valence-corrected chi connectivity index (χ0v) is 19.1. The highest BCUT2D eigenvalue weighted by Crippen LogP contribution is 2.52. The van der Waals surface area contributed by atoms with Gasteiger partial charge in [0.1, 0.15) is 0 Å². The average Bonchev–Trinajstić information content (AvgIpc) is 2.69. The zero-order valence-electron chi connectivity index (χ0n) is 16.7. The van der Waals surface area contributed by atoms with Crippen molar-refractivity contribution in [2.45, 2.75) is 30.7 Å². The van der Waals surface area contributed by atoms with Gasteiger partial charge in [0.05, 0.1) is 13.2 Å². The smallest absolute Gasteiger partial charge is 0.0594 e. The molecule has 1 atom stereocenters. The molecule has 1 unspecified atom stereocenters. The third-order valence-corrected chi connectivity index (χ3v) is 6.48. The molecule has 6 heteroatoms. The van der Waals surface area contributed by atoms with E-state index >= 15 is 0 Å². The summed E-state index contributed by atoms with van der Waals surface area (Å²) in [6, 6.07) is 19.8. The van der Waals surface area contributed by atoms with Crippen molar-refractivity contribution in [3.05, 3.63) is 70.7 Å². The van der Waals surface area contributed by atoms with E-state index in [9.17, 15) is 0 Å². The molecule has 0 radical (unpaired) electrons. The van der Waals surface area contributed by atoms with E-state index in [1.54, 1.807) is 0 Å². The van der Waals surface area contributed by atoms with Crippen LogP contribution < -0.4 is 5.32 Å². The van der Waals surface area contributed by atoms with Gasteiger partial charge in [0.25, 0.3) is 0 Å². The average molecular weight is 458 g/mol. The Hall–Kier alpha value is -0.810. The van der Waals surface area contributed by atoms with Gasteiger partial charge in [0, 0.05) is 42.7 Å². The number of benzene rings is 2. The standard InChI is InChI=1S/C23H29ClN2O.2ClH/c24-21-9-7-20(8-10-21)23(11-4-12-23)22(19-5-2-1-3-6-19)25-13-14-26-15-17-27-18-16-26;;/h1-3,5-10,22,25H,4,11-18H2;2*1H. The van der Waals surface area contributed by atoms with Crippen LogP contribution in [0.25, 0.3) is 0 Å². The fourth-order valence-electron chi connectivity index (χ4n) is 4.55. The Kier molecular flexibility index (Phi) is 9.74. The summed E-state index contributed by atoms with van der Waals surface area (Å²) in [5.74, 6) is 0. The van der Waals surface area contributed by atoms with Gasteiger partial charge < -0.3 is 10.1 Å². The minimum absolute atomic E-state index is 0. The molecule has 2 aliphatic rings. The van der Waals surface area contributed by atoms with E-state index in [0.29, 0.717) is 6.04 Å². The van der Waals surface area contributed by atoms with Crippen LogP contribution in [-0.2, 0) is 10.2 Å². The van der Waals surface area contributed by atoms with Gasteiger partial charge in [0.2, 0.25) is 0 Å². The lowest BCUT2D eigenvalue weighted by atomic mass is 9.58. The van der Waals surface area contributed by atoms with E-state index in [4.69, 9.17) is 16.3 Å². The van der Waals surface area contributed by atoms with Crippen LogP contribution in [0.5, 0.6) is 0 Å². The van der Waals surface area contributed by atoms with Gasteiger partial charge in [0.15, 0.2) is 0 Å². The van der Waals surface area contributed by atoms with Gasteiger partial charge in [-0.1, -0.05) is 60.5 Å². The lowest BCUT2D eigenvalue weighted by molar-refractivity contribution is 0.0371. The molecule has 1 saturated carbocycles. The summed E-state index contributed by atoms with van der Waals surface area (Å²) in [4.78, 5) is 2.49. The first kappa shape index (κ1) is 24.5. The quantitative estimate of drug-likeness (QED) is 0.613. The summed E-state index contributed by atoms with van der Waals surface area (Å²) >= 11 is 6.16. The van der Waals surface area contributed by atoms with Crippen LogP contribution in [0, 0.1) is 0 Å². The molecule has 0 spiro atoms. The summed E-state index contributed by atoms with van der Waals surface area (Å²) in [7, 11) is 0. The maximum atomic E-state index is 6.16. The van der Waals surface area contributed by atoms with Crippen LogP contribution in [0.1, 0.15) is 36.4 Å². The minimum Gasteiger partial charge on any atom is -0.379 e. The number of morpholine rings is 1. The first-order valence-electron chi connectivity index (χ1n) is 10.1. The fraction of sp³-hybridized carbons (Fsp3) is 0.478. The molecule has 2 fully saturated rings. The molecule has 160 valence electrons. The predicted molar refractivity (Wildman–Crippen MR) is 126 cm³/mol. The normalized spacial score (nSPS) is 19.3. The largest absolute Gasteiger partial charge is 0.379 e. The van der Waals surface area contributed by atoms with Crippen molar-refractivity contribution in [3.63, 3.8) is 0 Å². The van der Waals surface area contributed by atoms with E-state index < -0.39 is 0 Å². The van der Waals surface area contributed by atoms with Crippen molar-refractivity contribution in [1.82, 2.24) is 10.2 Å². The SMILES string of the molecule is Cl.Cl.Clc1ccc(C2(C(NCCN3CCOCC3)c3ccccc3)CCC2)cc1. The van der Waals surface area contributed by atoms with E-state index in [2.05, 4.69) is 52.7 Å². The topological polar surface area (TPSA) is 24.5 Å². The van der Waals surface area contributed by atoms with Crippen LogP contribution in [0.2, 0.25) is 5.02 Å². The van der Waals surface area contributed by atoms with Gasteiger partial charge in [-0.2, -0.15) is 0 Å². The van der Waals surface area contributed by atoms with Gasteiger partial charge in [-0.15, -0.1) is 24.8 Å². The van der Waals surface area contributed by atoms with Crippen LogP contribution in [0.3, 0.4) is 0 Å². The van der Waals surface area contributed by atoms with Crippen molar-refractivity contribution in [2.24, 2.45) is 0 Å². The molecule has 1 aliphatic heterocycles. The number of halogens is 3. The molecule has 1 aliphatic carbocycles. The van der Waals surface area contributed by atoms with Gasteiger partial charge >= 0.3 is 0 Å². The summed E-state index contributed by atoms with van der Waals surface area (Å²) < 4.78 is 5.47. The van der Waals surface area contributed by atoms with Crippen LogP contribution in [0.15, 0.2) is 54.6 Å². The van der Waals surface area contributed by atoms with Crippen molar-refractivity contribution in [2.75, 3.05) is 39.4 Å². The number of hydrogen-bond donors (Lipinski definition) is 1. The van der Waals surface area contributed by atoms with E-state index in [-0.39, 0.29) is 30.2 Å². The molecule has 1 heterocycles. The Morgan fingerprint density at radius 2 is 1.62 bits per heavy atom. The Bertz CT molecular complexity index is 717. The van der Waals surface area contributed by atoms with Crippen LogP contribution >= 0.6 is 36.4 Å². The molecule has 2 aromatic carbocycles. The highest BCUT2D eigenvalue weighted by Gasteiger charge is 2.45. The Morgan fingerprint density at radius 1 is 0.966 bits per heavy atom. The Labute approximate surface area is 192 Å². The predicted octanol–water partition coefficient (Wildman–Crippen LogP) is 5.27. The molecule has 4 rings (SSSR count). The van der Waals surface area contributed by atoms with E-state index in [0.717, 1.165) is 44.4 Å². The maximum Gasteiger partial charge on any atom is 0.0594 e. The zero-order chi connectivity index (χ0) is 18.5. The molecular formula is C23H31Cl3N2O. The summed E-state index contributed by atoms with van der Waals surface area (Å²) in [5, 5.41) is 4.73. The fourth-order valence-corrected chi connectivity index (χ4v) is 4.68. The lowest BCUT2D eigenvalue weighted by Gasteiger charge is -2.49. The molecule has 0 bridgehead atoms. The number of nitrogens with one attached hydrogen (secondary N) is 1. The second-order valence-electron chi connectivity index (χ2n) is 7.77. The Balaban J connectivity index is 0.00000150. The van der Waals surface area contributed by atoms with Crippen molar-refractivity contribution >= 4 is 36.4 Å². The third-order valence-electron chi connectivity index (χ3n) is 6.23. The summed E-state index contributed by atoms with van der Waals surface area (Å²) in [6.07, 6.45) is 3.73. The number of nitrogens with zero attached hydrogens (tertiary/aromatic N) is 1. The number of ether oxygens (including phenoxy) is 1. The highest BCUT2D eigenvalue weighted by atomic mass is 35.5. The minimum atomic E-state index is 0. The van der Waals surface area contributed by atoms with E-state index in [1.807, 2.05) is 12.1 Å². The summed E-state index contributed by atoms with van der Waals surface area (Å²) in [6.45, 7) is 5.87. The third kappa shape index (κ3) is 5.66. The molecule has 1 N–H and O–H groups in total. The van der Waals surface area contributed by atoms with Gasteiger partial charge in [-0.3, -0.25) is 4.90 Å². The highest BCUT2D eigenvalue weighted by molar-refractivity contribution is 6.30. The molecule has 3 nitrogen and oxygen atoms in total. The molecule has 1 saturated heterocycles. The molecule has 0 amide bonds. The van der Waals surface area contributed by atoms with Crippen LogP contribution in [0.4, 0.5) is 0 Å². The van der Waals surface area contributed by atoms with Gasteiger partial charge in [-0.05, 0) is 36.1 Å². The maximum absolute atomic E-state index is 6.16. The second-order valence-corrected chi connectivity index (χ2v) is 8.20. The van der Waals surface area contributed by atoms with Gasteiger partial charge in [-0.25, -0.2) is 0 Å². The summed E-state index contributed by atoms with van der Waals surface area (Å²) in [5.41, 5.74) is 2.96. The number of hydrogen-bond acceptors (Lipinski definition) is 3. The van der Waals surface area contributed by atoms with E-state index in [1.165, 1.54) is 30.4 Å². The Morgan fingerprint density at radius 3 is 2.21 bits per heavy atom. The molecule has 0 aromatic heterocycles.